The van der Waals surface area contributed by atoms with Crippen LogP contribution in [0, 0.1) is 0 Å². The first-order chi connectivity index (χ1) is 10.8. The van der Waals surface area contributed by atoms with Gasteiger partial charge in [-0.3, -0.25) is 4.79 Å². The van der Waals surface area contributed by atoms with Gasteiger partial charge in [-0.2, -0.15) is 13.2 Å². The number of carbonyl (C=O) groups is 1. The van der Waals surface area contributed by atoms with Gasteiger partial charge >= 0.3 is 6.18 Å². The lowest BCUT2D eigenvalue weighted by molar-refractivity contribution is -0.137. The van der Waals surface area contributed by atoms with Gasteiger partial charge in [0.15, 0.2) is 5.96 Å². The highest BCUT2D eigenvalue weighted by Gasteiger charge is 2.30. The van der Waals surface area contributed by atoms with E-state index in [0.29, 0.717) is 31.2 Å². The molecule has 0 aliphatic rings. The van der Waals surface area contributed by atoms with Crippen molar-refractivity contribution in [3.63, 3.8) is 0 Å². The molecule has 1 aromatic rings. The van der Waals surface area contributed by atoms with E-state index in [1.165, 1.54) is 13.0 Å². The van der Waals surface area contributed by atoms with Crippen molar-refractivity contribution in [2.24, 2.45) is 4.99 Å². The number of nitrogens with one attached hydrogen (secondary N) is 3. The van der Waals surface area contributed by atoms with Crippen LogP contribution in [0.25, 0.3) is 0 Å². The third-order valence-corrected chi connectivity index (χ3v) is 2.81. The number of carbonyl (C=O) groups excluding carboxylic acids is 1. The number of hydrogen-bond donors (Lipinski definition) is 3. The van der Waals surface area contributed by atoms with Crippen molar-refractivity contribution >= 4 is 11.9 Å². The van der Waals surface area contributed by atoms with Crippen molar-refractivity contribution in [2.75, 3.05) is 19.6 Å². The lowest BCUT2D eigenvalue weighted by Crippen LogP contribution is -2.41. The first kappa shape index (κ1) is 18.8. The lowest BCUT2D eigenvalue weighted by atomic mass is 10.1. The summed E-state index contributed by atoms with van der Waals surface area (Å²) in [5.41, 5.74) is -0.215. The van der Waals surface area contributed by atoms with Crippen LogP contribution in [0.5, 0.6) is 0 Å². The summed E-state index contributed by atoms with van der Waals surface area (Å²) < 4.78 is 38.0. The van der Waals surface area contributed by atoms with Gasteiger partial charge in [-0.15, -0.1) is 0 Å². The van der Waals surface area contributed by atoms with Crippen LogP contribution in [0.15, 0.2) is 29.3 Å². The van der Waals surface area contributed by atoms with Gasteiger partial charge < -0.3 is 16.0 Å². The summed E-state index contributed by atoms with van der Waals surface area (Å²) in [7, 11) is 0. The zero-order valence-corrected chi connectivity index (χ0v) is 13.1. The number of nitrogens with zero attached hydrogens (tertiary/aromatic N) is 1. The third-order valence-electron chi connectivity index (χ3n) is 2.81. The van der Waals surface area contributed by atoms with E-state index in [2.05, 4.69) is 20.9 Å². The third kappa shape index (κ3) is 7.53. The Kier molecular flexibility index (Phi) is 7.37. The van der Waals surface area contributed by atoms with E-state index < -0.39 is 11.7 Å². The Labute approximate surface area is 133 Å². The molecule has 3 N–H and O–H groups in total. The molecule has 0 bridgehead atoms. The summed E-state index contributed by atoms with van der Waals surface area (Å²) in [4.78, 5) is 15.0. The molecule has 1 rings (SSSR count). The van der Waals surface area contributed by atoms with Gasteiger partial charge in [-0.1, -0.05) is 12.1 Å². The van der Waals surface area contributed by atoms with E-state index in [9.17, 15) is 18.0 Å². The second-order valence-corrected chi connectivity index (χ2v) is 4.80. The predicted molar refractivity (Wildman–Crippen MR) is 82.9 cm³/mol. The Balaban J connectivity index is 2.64. The van der Waals surface area contributed by atoms with Crippen LogP contribution in [0.2, 0.25) is 0 Å². The summed E-state index contributed by atoms with van der Waals surface area (Å²) >= 11 is 0. The quantitative estimate of drug-likeness (QED) is 0.424. The normalized spacial score (nSPS) is 12.0. The highest BCUT2D eigenvalue weighted by Crippen LogP contribution is 2.29. The Bertz CT molecular complexity index is 544. The molecule has 0 heterocycles. The van der Waals surface area contributed by atoms with E-state index in [1.54, 1.807) is 6.07 Å². The minimum absolute atomic E-state index is 0.124. The van der Waals surface area contributed by atoms with Crippen molar-refractivity contribution in [2.45, 2.75) is 26.6 Å². The number of benzene rings is 1. The van der Waals surface area contributed by atoms with Crippen molar-refractivity contribution < 1.29 is 18.0 Å². The average molecular weight is 330 g/mol. The molecule has 0 unspecified atom stereocenters. The maximum Gasteiger partial charge on any atom is 0.416 e. The maximum atomic E-state index is 12.7. The van der Waals surface area contributed by atoms with Gasteiger partial charge in [0.1, 0.15) is 0 Å². The average Bonchev–Trinajstić information content (AvgIpc) is 2.48. The zero-order valence-electron chi connectivity index (χ0n) is 13.1. The monoisotopic (exact) mass is 330 g/mol. The molecule has 0 aliphatic carbocycles. The van der Waals surface area contributed by atoms with Gasteiger partial charge in [-0.25, -0.2) is 4.99 Å². The SMILES string of the molecule is CCNC(=NCc1cccc(C(F)(F)F)c1)NCCNC(C)=O. The lowest BCUT2D eigenvalue weighted by Gasteiger charge is -2.12. The van der Waals surface area contributed by atoms with Crippen LogP contribution in [-0.2, 0) is 17.5 Å². The molecule has 0 spiro atoms. The fourth-order valence-electron chi connectivity index (χ4n) is 1.78. The summed E-state index contributed by atoms with van der Waals surface area (Å²) in [6, 6.07) is 5.08. The Morgan fingerprint density at radius 3 is 2.48 bits per heavy atom. The highest BCUT2D eigenvalue weighted by molar-refractivity contribution is 5.79. The first-order valence-corrected chi connectivity index (χ1v) is 7.25. The van der Waals surface area contributed by atoms with Gasteiger partial charge in [-0.05, 0) is 24.6 Å². The van der Waals surface area contributed by atoms with E-state index in [-0.39, 0.29) is 12.5 Å². The number of guanidine groups is 1. The van der Waals surface area contributed by atoms with Crippen LogP contribution in [0.1, 0.15) is 25.0 Å². The molecule has 1 amide bonds. The van der Waals surface area contributed by atoms with Gasteiger partial charge in [0.05, 0.1) is 12.1 Å². The number of aliphatic imine (C=N–C) groups is 1. The second kappa shape index (κ2) is 9.02. The van der Waals surface area contributed by atoms with Crippen molar-refractivity contribution in [3.05, 3.63) is 35.4 Å². The van der Waals surface area contributed by atoms with E-state index in [0.717, 1.165) is 12.1 Å². The molecular formula is C15H21F3N4O. The van der Waals surface area contributed by atoms with Crippen LogP contribution in [-0.4, -0.2) is 31.5 Å². The Morgan fingerprint density at radius 2 is 1.87 bits per heavy atom. The number of alkyl halides is 3. The molecule has 0 atom stereocenters. The fraction of sp³-hybridized carbons (Fsp3) is 0.467. The van der Waals surface area contributed by atoms with Crippen molar-refractivity contribution in [1.82, 2.24) is 16.0 Å². The van der Waals surface area contributed by atoms with E-state index >= 15 is 0 Å². The Hall–Kier alpha value is -2.25. The smallest absolute Gasteiger partial charge is 0.357 e. The molecule has 0 aliphatic heterocycles. The fourth-order valence-corrected chi connectivity index (χ4v) is 1.78. The van der Waals surface area contributed by atoms with Crippen LogP contribution < -0.4 is 16.0 Å². The molecule has 8 heteroatoms. The van der Waals surface area contributed by atoms with Gasteiger partial charge in [0.25, 0.3) is 0 Å². The number of rotatable bonds is 6. The standard InChI is InChI=1S/C15H21F3N4O/c1-3-19-14(21-8-7-20-11(2)23)22-10-12-5-4-6-13(9-12)15(16,17)18/h4-6,9H,3,7-8,10H2,1-2H3,(H,20,23)(H2,19,21,22). The highest BCUT2D eigenvalue weighted by atomic mass is 19.4. The number of amides is 1. The van der Waals surface area contributed by atoms with Crippen molar-refractivity contribution in [3.8, 4) is 0 Å². The molecule has 0 saturated carbocycles. The Morgan fingerprint density at radius 1 is 1.17 bits per heavy atom. The molecule has 5 nitrogen and oxygen atoms in total. The molecule has 128 valence electrons. The number of hydrogen-bond acceptors (Lipinski definition) is 2. The maximum absolute atomic E-state index is 12.7. The summed E-state index contributed by atoms with van der Waals surface area (Å²) in [5.74, 6) is 0.355. The predicted octanol–water partition coefficient (Wildman–Crippen LogP) is 1.90. The molecule has 0 fully saturated rings. The van der Waals surface area contributed by atoms with Gasteiger partial charge in [0, 0.05) is 26.6 Å². The molecule has 0 saturated heterocycles. The first-order valence-electron chi connectivity index (χ1n) is 7.25. The van der Waals surface area contributed by atoms with Crippen LogP contribution in [0.4, 0.5) is 13.2 Å². The molecule has 1 aromatic carbocycles. The summed E-state index contributed by atoms with van der Waals surface area (Å²) in [6.07, 6.45) is -4.36. The van der Waals surface area contributed by atoms with E-state index in [4.69, 9.17) is 0 Å². The minimum Gasteiger partial charge on any atom is -0.357 e. The molecular weight excluding hydrogens is 309 g/mol. The van der Waals surface area contributed by atoms with E-state index in [1.807, 2.05) is 6.92 Å². The number of halogens is 3. The second-order valence-electron chi connectivity index (χ2n) is 4.80. The molecule has 0 aromatic heterocycles. The molecule has 23 heavy (non-hydrogen) atoms. The zero-order chi connectivity index (χ0) is 17.3. The summed E-state index contributed by atoms with van der Waals surface area (Å²) in [5, 5.41) is 8.61. The molecule has 0 radical (unpaired) electrons. The van der Waals surface area contributed by atoms with Gasteiger partial charge in [0.2, 0.25) is 5.91 Å². The summed E-state index contributed by atoms with van der Waals surface area (Å²) in [6.45, 7) is 4.95. The topological polar surface area (TPSA) is 65.5 Å². The minimum atomic E-state index is -4.36. The largest absolute Gasteiger partial charge is 0.416 e. The van der Waals surface area contributed by atoms with Crippen molar-refractivity contribution in [1.29, 1.82) is 0 Å². The van der Waals surface area contributed by atoms with Crippen LogP contribution >= 0.6 is 0 Å². The van der Waals surface area contributed by atoms with Crippen LogP contribution in [0.3, 0.4) is 0 Å².